The number of hydrogen-bond donors (Lipinski definition) is 1. The molecule has 0 spiro atoms. The van der Waals surface area contributed by atoms with E-state index in [2.05, 4.69) is 5.32 Å². The average molecular weight is 364 g/mol. The van der Waals surface area contributed by atoms with Crippen molar-refractivity contribution in [2.75, 3.05) is 11.9 Å². The number of benzene rings is 1. The number of fused-ring (bicyclic) bond motifs is 1. The fourth-order valence-corrected chi connectivity index (χ4v) is 4.65. The molecule has 3 fully saturated rings. The number of carbonyl (C=O) groups excluding carboxylic acids is 3. The first-order valence-corrected chi connectivity index (χ1v) is 8.75. The van der Waals surface area contributed by atoms with Crippen LogP contribution in [0.3, 0.4) is 0 Å². The average Bonchev–Trinajstić information content (AvgIpc) is 3.18. The minimum atomic E-state index is -0.479. The molecule has 2 saturated carbocycles. The summed E-state index contributed by atoms with van der Waals surface area (Å²) in [5, 5.41) is 3.19. The number of anilines is 1. The smallest absolute Gasteiger partial charge is 0.310 e. The maximum absolute atomic E-state index is 12.4. The van der Waals surface area contributed by atoms with Crippen LogP contribution in [0.25, 0.3) is 0 Å². The van der Waals surface area contributed by atoms with E-state index < -0.39 is 23.7 Å². The van der Waals surface area contributed by atoms with Crippen molar-refractivity contribution in [3.8, 4) is 0 Å². The first-order valence-electron chi connectivity index (χ1n) is 8.37. The first-order chi connectivity index (χ1) is 11.9. The second kappa shape index (κ2) is 6.02. The van der Waals surface area contributed by atoms with Crippen LogP contribution in [0, 0.1) is 30.6 Å². The Morgan fingerprint density at radius 3 is 2.96 bits per heavy atom. The van der Waals surface area contributed by atoms with Gasteiger partial charge in [-0.25, -0.2) is 0 Å². The summed E-state index contributed by atoms with van der Waals surface area (Å²) in [4.78, 5) is 36.4. The van der Waals surface area contributed by atoms with Gasteiger partial charge in [0.05, 0.1) is 11.8 Å². The highest BCUT2D eigenvalue weighted by Gasteiger charge is 2.64. The Kier molecular flexibility index (Phi) is 3.95. The molecule has 132 valence electrons. The van der Waals surface area contributed by atoms with Crippen molar-refractivity contribution >= 4 is 35.1 Å². The molecule has 1 aromatic carbocycles. The van der Waals surface area contributed by atoms with Crippen LogP contribution in [0.1, 0.15) is 18.4 Å². The highest BCUT2D eigenvalue weighted by Crippen LogP contribution is 2.57. The van der Waals surface area contributed by atoms with Crippen molar-refractivity contribution in [1.29, 1.82) is 0 Å². The highest BCUT2D eigenvalue weighted by molar-refractivity contribution is 6.31. The van der Waals surface area contributed by atoms with E-state index in [9.17, 15) is 14.4 Å². The lowest BCUT2D eigenvalue weighted by molar-refractivity contribution is -0.157. The zero-order chi connectivity index (χ0) is 17.7. The number of esters is 2. The van der Waals surface area contributed by atoms with Gasteiger partial charge in [-0.2, -0.15) is 0 Å². The van der Waals surface area contributed by atoms with Gasteiger partial charge in [0.1, 0.15) is 6.10 Å². The van der Waals surface area contributed by atoms with Crippen LogP contribution in [-0.4, -0.2) is 30.6 Å². The number of ether oxygens (including phenoxy) is 2. The van der Waals surface area contributed by atoms with Gasteiger partial charge < -0.3 is 14.8 Å². The Labute approximate surface area is 149 Å². The molecule has 0 radical (unpaired) electrons. The molecule has 1 N–H and O–H groups in total. The zero-order valence-electron chi connectivity index (χ0n) is 13.7. The highest BCUT2D eigenvalue weighted by atomic mass is 35.5. The number of aryl methyl sites for hydroxylation is 1. The van der Waals surface area contributed by atoms with E-state index in [0.717, 1.165) is 18.4 Å². The zero-order valence-corrected chi connectivity index (χ0v) is 14.4. The quantitative estimate of drug-likeness (QED) is 0.830. The minimum Gasteiger partial charge on any atom is -0.462 e. The van der Waals surface area contributed by atoms with Gasteiger partial charge >= 0.3 is 11.9 Å². The predicted octanol–water partition coefficient (Wildman–Crippen LogP) is 2.33. The van der Waals surface area contributed by atoms with Crippen LogP contribution in [0.2, 0.25) is 5.02 Å². The van der Waals surface area contributed by atoms with Gasteiger partial charge in [0.2, 0.25) is 0 Å². The monoisotopic (exact) mass is 363 g/mol. The minimum absolute atomic E-state index is 0.0272. The van der Waals surface area contributed by atoms with Crippen molar-refractivity contribution in [1.82, 2.24) is 0 Å². The largest absolute Gasteiger partial charge is 0.462 e. The third-order valence-corrected chi connectivity index (χ3v) is 5.81. The summed E-state index contributed by atoms with van der Waals surface area (Å²) >= 11 is 5.92. The van der Waals surface area contributed by atoms with Crippen molar-refractivity contribution in [2.45, 2.75) is 25.9 Å². The van der Waals surface area contributed by atoms with E-state index in [0.29, 0.717) is 10.7 Å². The number of carbonyl (C=O) groups is 3. The second-order valence-electron chi connectivity index (χ2n) is 7.04. The standard InChI is InChI=1S/C18H18ClNO5/c1-8-2-3-10(19)6-12(8)20-14(21)7-24-17(22)15-9-4-11-13(5-9)25-18(23)16(11)15/h2-3,6,9,11,13,15-16H,4-5,7H2,1H3,(H,20,21)/t9-,11-,13-,15-,16+/m1/s1. The Morgan fingerprint density at radius 2 is 2.16 bits per heavy atom. The number of rotatable bonds is 4. The molecule has 2 bridgehead atoms. The summed E-state index contributed by atoms with van der Waals surface area (Å²) in [6.45, 7) is 1.46. The fraction of sp³-hybridized carbons (Fsp3) is 0.500. The molecular formula is C18H18ClNO5. The third-order valence-electron chi connectivity index (χ3n) is 5.57. The lowest BCUT2D eigenvalue weighted by Crippen LogP contribution is -2.35. The number of amides is 1. The van der Waals surface area contributed by atoms with Crippen LogP contribution in [0.4, 0.5) is 5.69 Å². The molecule has 1 heterocycles. The van der Waals surface area contributed by atoms with Gasteiger partial charge in [0.15, 0.2) is 6.61 Å². The number of nitrogens with one attached hydrogen (secondary N) is 1. The first kappa shape index (κ1) is 16.4. The molecule has 0 aromatic heterocycles. The van der Waals surface area contributed by atoms with E-state index in [1.807, 2.05) is 6.92 Å². The van der Waals surface area contributed by atoms with Crippen molar-refractivity contribution in [3.05, 3.63) is 28.8 Å². The van der Waals surface area contributed by atoms with Crippen LogP contribution in [0.15, 0.2) is 18.2 Å². The predicted molar refractivity (Wildman–Crippen MR) is 88.9 cm³/mol. The van der Waals surface area contributed by atoms with Crippen molar-refractivity contribution < 1.29 is 23.9 Å². The molecular weight excluding hydrogens is 346 g/mol. The molecule has 1 aromatic rings. The summed E-state index contributed by atoms with van der Waals surface area (Å²) in [5.41, 5.74) is 1.44. The topological polar surface area (TPSA) is 81.7 Å². The second-order valence-corrected chi connectivity index (χ2v) is 7.47. The Hall–Kier alpha value is -2.08. The van der Waals surface area contributed by atoms with Crippen LogP contribution in [-0.2, 0) is 23.9 Å². The molecule has 25 heavy (non-hydrogen) atoms. The van der Waals surface area contributed by atoms with Crippen LogP contribution in [0.5, 0.6) is 0 Å². The molecule has 5 atom stereocenters. The van der Waals surface area contributed by atoms with Gasteiger partial charge in [-0.05, 0) is 43.4 Å². The summed E-state index contributed by atoms with van der Waals surface area (Å²) in [5.74, 6) is -1.82. The molecule has 2 aliphatic carbocycles. The molecule has 6 nitrogen and oxygen atoms in total. The fourth-order valence-electron chi connectivity index (χ4n) is 4.47. The van der Waals surface area contributed by atoms with Gasteiger partial charge in [0, 0.05) is 16.6 Å². The van der Waals surface area contributed by atoms with Gasteiger partial charge in [0.25, 0.3) is 5.91 Å². The molecule has 3 aliphatic rings. The van der Waals surface area contributed by atoms with Gasteiger partial charge in [-0.1, -0.05) is 17.7 Å². The number of hydrogen-bond acceptors (Lipinski definition) is 5. The third kappa shape index (κ3) is 2.78. The Morgan fingerprint density at radius 1 is 1.36 bits per heavy atom. The molecule has 7 heteroatoms. The van der Waals surface area contributed by atoms with E-state index >= 15 is 0 Å². The molecule has 1 saturated heterocycles. The summed E-state index contributed by atoms with van der Waals surface area (Å²) in [6.07, 6.45) is 1.52. The van der Waals surface area contributed by atoms with Crippen molar-refractivity contribution in [2.24, 2.45) is 23.7 Å². The molecule has 1 aliphatic heterocycles. The van der Waals surface area contributed by atoms with Crippen molar-refractivity contribution in [3.63, 3.8) is 0 Å². The summed E-state index contributed by atoms with van der Waals surface area (Å²) in [6, 6.07) is 5.16. The molecule has 1 amide bonds. The van der Waals surface area contributed by atoms with E-state index in [1.54, 1.807) is 18.2 Å². The van der Waals surface area contributed by atoms with E-state index in [4.69, 9.17) is 21.1 Å². The molecule has 0 unspecified atom stereocenters. The maximum Gasteiger partial charge on any atom is 0.310 e. The van der Waals surface area contributed by atoms with Crippen LogP contribution >= 0.6 is 11.6 Å². The lowest BCUT2D eigenvalue weighted by atomic mass is 9.80. The van der Waals surface area contributed by atoms with E-state index in [1.165, 1.54) is 0 Å². The van der Waals surface area contributed by atoms with Gasteiger partial charge in [-0.15, -0.1) is 0 Å². The van der Waals surface area contributed by atoms with Gasteiger partial charge in [-0.3, -0.25) is 14.4 Å². The van der Waals surface area contributed by atoms with Crippen LogP contribution < -0.4 is 5.32 Å². The Bertz CT molecular complexity index is 762. The summed E-state index contributed by atoms with van der Waals surface area (Å²) < 4.78 is 10.5. The SMILES string of the molecule is Cc1ccc(Cl)cc1NC(=O)COC(=O)[C@@H]1[C@@H]2C[C@H]3[C@@H]1C(=O)O[C@@H]3C2. The number of halogens is 1. The lowest BCUT2D eigenvalue weighted by Gasteiger charge is -2.22. The summed E-state index contributed by atoms with van der Waals surface area (Å²) in [7, 11) is 0. The van der Waals surface area contributed by atoms with E-state index in [-0.39, 0.29) is 30.5 Å². The maximum atomic E-state index is 12.4. The molecule has 4 rings (SSSR count). The normalized spacial score (nSPS) is 31.8. The Balaban J connectivity index is 1.35.